The van der Waals surface area contributed by atoms with Gasteiger partial charge in [0.15, 0.2) is 16.3 Å². The summed E-state index contributed by atoms with van der Waals surface area (Å²) in [6.07, 6.45) is 1.72. The van der Waals surface area contributed by atoms with Gasteiger partial charge in [-0.15, -0.1) is 0 Å². The Morgan fingerprint density at radius 3 is 2.49 bits per heavy atom. The van der Waals surface area contributed by atoms with E-state index < -0.39 is 17.8 Å². The Balaban J connectivity index is 1.46. The van der Waals surface area contributed by atoms with Gasteiger partial charge in [-0.25, -0.2) is 14.2 Å². The van der Waals surface area contributed by atoms with Gasteiger partial charge in [-0.3, -0.25) is 9.36 Å². The number of rotatable bonds is 9. The van der Waals surface area contributed by atoms with Crippen LogP contribution in [0, 0.1) is 17.1 Å². The predicted molar refractivity (Wildman–Crippen MR) is 176 cm³/mol. The molecule has 0 spiro atoms. The molecule has 1 atom stereocenters. The van der Waals surface area contributed by atoms with Crippen molar-refractivity contribution in [3.63, 3.8) is 0 Å². The van der Waals surface area contributed by atoms with Crippen LogP contribution in [-0.4, -0.2) is 24.3 Å². The zero-order valence-corrected chi connectivity index (χ0v) is 26.3. The van der Waals surface area contributed by atoms with Crippen molar-refractivity contribution in [3.05, 3.63) is 156 Å². The van der Waals surface area contributed by atoms with Crippen LogP contribution in [0.15, 0.2) is 112 Å². The molecule has 0 fully saturated rings. The van der Waals surface area contributed by atoms with Crippen LogP contribution in [-0.2, 0) is 16.1 Å². The maximum absolute atomic E-state index is 14.1. The van der Waals surface area contributed by atoms with Gasteiger partial charge in [0.25, 0.3) is 5.56 Å². The third kappa shape index (κ3) is 6.34. The molecule has 4 aromatic carbocycles. The molecule has 8 nitrogen and oxygen atoms in total. The maximum atomic E-state index is 14.1. The average molecular weight is 646 g/mol. The monoisotopic (exact) mass is 645 g/mol. The summed E-state index contributed by atoms with van der Waals surface area (Å²) in [5, 5.41) is 9.40. The number of halogens is 1. The lowest BCUT2D eigenvalue weighted by molar-refractivity contribution is -0.138. The van der Waals surface area contributed by atoms with Gasteiger partial charge in [-0.2, -0.15) is 5.26 Å². The molecule has 0 amide bonds. The highest BCUT2D eigenvalue weighted by atomic mass is 32.1. The van der Waals surface area contributed by atoms with Crippen molar-refractivity contribution < 1.29 is 23.4 Å². The number of hydrogen-bond donors (Lipinski definition) is 0. The lowest BCUT2D eigenvalue weighted by atomic mass is 9.93. The molecule has 6 rings (SSSR count). The van der Waals surface area contributed by atoms with Crippen LogP contribution in [0.3, 0.4) is 0 Å². The Bertz CT molecular complexity index is 2220. The molecule has 0 unspecified atom stereocenters. The first-order valence-corrected chi connectivity index (χ1v) is 15.6. The van der Waals surface area contributed by atoms with Crippen molar-refractivity contribution in [1.29, 1.82) is 5.26 Å². The predicted octanol–water partition coefficient (Wildman–Crippen LogP) is 5.53. The lowest BCUT2D eigenvalue weighted by Gasteiger charge is -2.25. The summed E-state index contributed by atoms with van der Waals surface area (Å²) in [6, 6.07) is 28.7. The Hall–Kier alpha value is -5.79. The Morgan fingerprint density at radius 2 is 1.77 bits per heavy atom. The Labute approximate surface area is 273 Å². The van der Waals surface area contributed by atoms with E-state index in [9.17, 15) is 19.2 Å². The molecule has 47 heavy (non-hydrogen) atoms. The van der Waals surface area contributed by atoms with Crippen molar-refractivity contribution in [2.24, 2.45) is 4.99 Å². The van der Waals surface area contributed by atoms with Crippen LogP contribution in [0.5, 0.6) is 11.5 Å². The Kier molecular flexibility index (Phi) is 9.09. The molecule has 1 aromatic heterocycles. The molecular weight excluding hydrogens is 617 g/mol. The summed E-state index contributed by atoms with van der Waals surface area (Å²) >= 11 is 1.18. The SMILES string of the molecule is CCOC(=O)C1=C(c2ccccc2)N=c2s/c(=C\c3ccc(OCc4ccccc4C#N)c(OC)c3)c(=O)n2[C@@H]1c1ccc(F)cc1. The number of methoxy groups -OCH3 is 1. The molecule has 0 aliphatic carbocycles. The zero-order chi connectivity index (χ0) is 32.9. The van der Waals surface area contributed by atoms with Gasteiger partial charge in [0, 0.05) is 11.1 Å². The normalized spacial score (nSPS) is 14.2. The fraction of sp³-hybridized carbons (Fsp3) is 0.135. The van der Waals surface area contributed by atoms with Crippen LogP contribution in [0.2, 0.25) is 0 Å². The number of carbonyl (C=O) groups is 1. The van der Waals surface area contributed by atoms with Crippen molar-refractivity contribution in [1.82, 2.24) is 4.57 Å². The van der Waals surface area contributed by atoms with Crippen molar-refractivity contribution in [3.8, 4) is 17.6 Å². The minimum absolute atomic E-state index is 0.122. The topological polar surface area (TPSA) is 103 Å². The van der Waals surface area contributed by atoms with Crippen LogP contribution < -0.4 is 24.4 Å². The summed E-state index contributed by atoms with van der Waals surface area (Å²) in [5.41, 5.74) is 3.35. The number of thiazole rings is 1. The number of fused-ring (bicyclic) bond motifs is 1. The molecule has 0 radical (unpaired) electrons. The van der Waals surface area contributed by atoms with Crippen molar-refractivity contribution in [2.45, 2.75) is 19.6 Å². The van der Waals surface area contributed by atoms with E-state index in [1.165, 1.54) is 35.1 Å². The van der Waals surface area contributed by atoms with E-state index in [1.54, 1.807) is 55.5 Å². The second-order valence-electron chi connectivity index (χ2n) is 10.5. The molecule has 10 heteroatoms. The van der Waals surface area contributed by atoms with Gasteiger partial charge in [0.1, 0.15) is 12.4 Å². The third-order valence-electron chi connectivity index (χ3n) is 7.57. The summed E-state index contributed by atoms with van der Waals surface area (Å²) in [5.74, 6) is -0.138. The van der Waals surface area contributed by atoms with E-state index in [0.717, 1.165) is 5.56 Å². The van der Waals surface area contributed by atoms with Crippen LogP contribution >= 0.6 is 11.3 Å². The van der Waals surface area contributed by atoms with Crippen LogP contribution in [0.25, 0.3) is 11.8 Å². The average Bonchev–Trinajstić information content (AvgIpc) is 3.41. The quantitative estimate of drug-likeness (QED) is 0.195. The maximum Gasteiger partial charge on any atom is 0.338 e. The van der Waals surface area contributed by atoms with Gasteiger partial charge >= 0.3 is 5.97 Å². The van der Waals surface area contributed by atoms with Gasteiger partial charge < -0.3 is 14.2 Å². The molecule has 0 bridgehead atoms. The largest absolute Gasteiger partial charge is 0.493 e. The second kappa shape index (κ2) is 13.7. The summed E-state index contributed by atoms with van der Waals surface area (Å²) in [7, 11) is 1.52. The minimum Gasteiger partial charge on any atom is -0.493 e. The summed E-state index contributed by atoms with van der Waals surface area (Å²) in [4.78, 5) is 32.9. The Morgan fingerprint density at radius 1 is 1.02 bits per heavy atom. The molecule has 5 aromatic rings. The number of hydrogen-bond acceptors (Lipinski definition) is 8. The van der Waals surface area contributed by atoms with Crippen molar-refractivity contribution >= 4 is 29.1 Å². The van der Waals surface area contributed by atoms with E-state index in [1.807, 2.05) is 42.5 Å². The smallest absolute Gasteiger partial charge is 0.338 e. The van der Waals surface area contributed by atoms with Crippen molar-refractivity contribution in [2.75, 3.05) is 13.7 Å². The standard InChI is InChI=1S/C37H28FN3O5S/c1-3-45-36(43)32-33(24-9-5-4-6-10-24)40-37-41(34(32)25-14-16-28(38)17-15-25)35(42)31(47-37)20-23-13-18-29(30(19-23)44-2)46-22-27-12-8-7-11-26(27)21-39/h4-20,34H,3,22H2,1-2H3/b31-20-/t34-/m1/s1. The minimum atomic E-state index is -0.912. The highest BCUT2D eigenvalue weighted by Crippen LogP contribution is 2.35. The summed E-state index contributed by atoms with van der Waals surface area (Å²) < 4.78 is 32.9. The van der Waals surface area contributed by atoms with Gasteiger partial charge in [-0.05, 0) is 54.5 Å². The molecule has 1 aliphatic heterocycles. The van der Waals surface area contributed by atoms with E-state index in [2.05, 4.69) is 6.07 Å². The third-order valence-corrected chi connectivity index (χ3v) is 8.55. The molecule has 0 saturated heterocycles. The number of ether oxygens (including phenoxy) is 3. The van der Waals surface area contributed by atoms with E-state index >= 15 is 0 Å². The number of carbonyl (C=O) groups excluding carboxylic acids is 1. The van der Waals surface area contributed by atoms with Crippen LogP contribution in [0.1, 0.15) is 40.8 Å². The molecule has 1 aliphatic rings. The van der Waals surface area contributed by atoms with Gasteiger partial charge in [0.05, 0.1) is 47.2 Å². The fourth-order valence-electron chi connectivity index (χ4n) is 5.36. The number of benzene rings is 4. The molecule has 2 heterocycles. The van der Waals surface area contributed by atoms with E-state index in [4.69, 9.17) is 19.2 Å². The number of aromatic nitrogens is 1. The second-order valence-corrected chi connectivity index (χ2v) is 11.5. The summed E-state index contributed by atoms with van der Waals surface area (Å²) in [6.45, 7) is 2.00. The fourth-order valence-corrected chi connectivity index (χ4v) is 6.36. The molecule has 0 saturated carbocycles. The van der Waals surface area contributed by atoms with Crippen LogP contribution in [0.4, 0.5) is 4.39 Å². The first kappa shape index (κ1) is 31.2. The number of nitrogens with zero attached hydrogens (tertiary/aromatic N) is 3. The van der Waals surface area contributed by atoms with Gasteiger partial charge in [0.2, 0.25) is 0 Å². The highest BCUT2D eigenvalue weighted by Gasteiger charge is 2.35. The number of esters is 1. The highest BCUT2D eigenvalue weighted by molar-refractivity contribution is 7.07. The van der Waals surface area contributed by atoms with E-state index in [0.29, 0.717) is 48.8 Å². The molecular formula is C37H28FN3O5S. The zero-order valence-electron chi connectivity index (χ0n) is 25.5. The number of nitriles is 1. The lowest BCUT2D eigenvalue weighted by Crippen LogP contribution is -2.40. The molecule has 0 N–H and O–H groups in total. The van der Waals surface area contributed by atoms with Gasteiger partial charge in [-0.1, -0.05) is 78.1 Å². The van der Waals surface area contributed by atoms with E-state index in [-0.39, 0.29) is 24.3 Å². The first-order valence-electron chi connectivity index (χ1n) is 14.7. The first-order chi connectivity index (χ1) is 22.9. The molecule has 234 valence electrons.